The molecule has 1 unspecified atom stereocenters. The Hall–Kier alpha value is -2.48. The Balaban J connectivity index is 1.60. The number of nitrogens with zero attached hydrogens (tertiary/aromatic N) is 5. The molecular weight excluding hydrogens is 377 g/mol. The predicted molar refractivity (Wildman–Crippen MR) is 107 cm³/mol. The molecule has 0 saturated carbocycles. The molecule has 28 heavy (non-hydrogen) atoms. The van der Waals surface area contributed by atoms with E-state index in [1.165, 1.54) is 30.3 Å². The Labute approximate surface area is 167 Å². The average molecular weight is 399 g/mol. The minimum atomic E-state index is -0.335. The van der Waals surface area contributed by atoms with Gasteiger partial charge in [0.25, 0.3) is 0 Å². The number of thioether (sulfide) groups is 1. The van der Waals surface area contributed by atoms with Crippen LogP contribution in [0, 0.1) is 5.82 Å². The number of halogens is 1. The average Bonchev–Trinajstić information content (AvgIpc) is 3.15. The van der Waals surface area contributed by atoms with Crippen LogP contribution in [0.2, 0.25) is 0 Å². The number of piperidine rings is 1. The molecule has 0 radical (unpaired) electrons. The topological polar surface area (TPSA) is 63.4 Å². The lowest BCUT2D eigenvalue weighted by Gasteiger charge is -2.29. The zero-order valence-corrected chi connectivity index (χ0v) is 16.5. The standard InChI is InChI=1S/C20H22FN5OS/c1-2-16(20(27)25-11-4-3-5-12-25)28-18-10-9-17-22-23-19(26(17)24-18)14-7-6-8-15(21)13-14/h6-10,13,16H,2-5,11-12H2,1H3. The number of rotatable bonds is 5. The Kier molecular flexibility index (Phi) is 5.57. The van der Waals surface area contributed by atoms with Gasteiger partial charge in [0.05, 0.1) is 5.25 Å². The van der Waals surface area contributed by atoms with Gasteiger partial charge in [0.1, 0.15) is 10.8 Å². The summed E-state index contributed by atoms with van der Waals surface area (Å²) in [5, 5.41) is 13.4. The molecule has 1 atom stereocenters. The first-order valence-corrected chi connectivity index (χ1v) is 10.5. The van der Waals surface area contributed by atoms with Gasteiger partial charge in [-0.3, -0.25) is 4.79 Å². The van der Waals surface area contributed by atoms with Crippen molar-refractivity contribution in [2.45, 2.75) is 42.9 Å². The largest absolute Gasteiger partial charge is 0.342 e. The molecule has 1 saturated heterocycles. The van der Waals surface area contributed by atoms with Crippen LogP contribution in [0.15, 0.2) is 41.4 Å². The van der Waals surface area contributed by atoms with Crippen molar-refractivity contribution in [3.63, 3.8) is 0 Å². The van der Waals surface area contributed by atoms with E-state index in [4.69, 9.17) is 0 Å². The molecule has 6 nitrogen and oxygen atoms in total. The first kappa shape index (κ1) is 18.9. The van der Waals surface area contributed by atoms with E-state index in [1.807, 2.05) is 24.0 Å². The van der Waals surface area contributed by atoms with E-state index in [0.717, 1.165) is 37.4 Å². The third-order valence-electron chi connectivity index (χ3n) is 4.90. The molecule has 0 bridgehead atoms. The van der Waals surface area contributed by atoms with E-state index in [2.05, 4.69) is 15.3 Å². The first-order valence-electron chi connectivity index (χ1n) is 9.59. The van der Waals surface area contributed by atoms with E-state index in [0.29, 0.717) is 17.0 Å². The minimum absolute atomic E-state index is 0.169. The Bertz CT molecular complexity index is 986. The highest BCUT2D eigenvalue weighted by Gasteiger charge is 2.26. The highest BCUT2D eigenvalue weighted by Crippen LogP contribution is 2.27. The van der Waals surface area contributed by atoms with Crippen LogP contribution in [0.1, 0.15) is 32.6 Å². The fourth-order valence-corrected chi connectivity index (χ4v) is 4.40. The number of aromatic nitrogens is 4. The van der Waals surface area contributed by atoms with E-state index in [9.17, 15) is 9.18 Å². The molecule has 1 amide bonds. The second-order valence-corrected chi connectivity index (χ2v) is 8.10. The minimum Gasteiger partial charge on any atom is -0.342 e. The molecule has 2 aromatic heterocycles. The second kappa shape index (κ2) is 8.26. The van der Waals surface area contributed by atoms with Crippen LogP contribution in [0.3, 0.4) is 0 Å². The molecule has 0 spiro atoms. The van der Waals surface area contributed by atoms with Gasteiger partial charge >= 0.3 is 0 Å². The molecule has 1 aliphatic rings. The number of likely N-dealkylation sites (tertiary alicyclic amines) is 1. The van der Waals surface area contributed by atoms with E-state index in [1.54, 1.807) is 16.6 Å². The zero-order valence-electron chi connectivity index (χ0n) is 15.7. The number of carbonyl (C=O) groups is 1. The summed E-state index contributed by atoms with van der Waals surface area (Å²) < 4.78 is 15.2. The molecule has 0 aliphatic carbocycles. The maximum Gasteiger partial charge on any atom is 0.236 e. The van der Waals surface area contributed by atoms with Crippen molar-refractivity contribution in [3.8, 4) is 11.4 Å². The third kappa shape index (κ3) is 3.87. The molecule has 1 aromatic carbocycles. The summed E-state index contributed by atoms with van der Waals surface area (Å²) in [5.74, 6) is 0.327. The van der Waals surface area contributed by atoms with Crippen LogP contribution < -0.4 is 0 Å². The van der Waals surface area contributed by atoms with E-state index in [-0.39, 0.29) is 17.0 Å². The first-order chi connectivity index (χ1) is 13.7. The van der Waals surface area contributed by atoms with Gasteiger partial charge in [-0.05, 0) is 49.9 Å². The quantitative estimate of drug-likeness (QED) is 0.611. The fourth-order valence-electron chi connectivity index (χ4n) is 3.41. The number of hydrogen-bond donors (Lipinski definition) is 0. The lowest BCUT2D eigenvalue weighted by molar-refractivity contribution is -0.131. The zero-order chi connectivity index (χ0) is 19.5. The van der Waals surface area contributed by atoms with Crippen LogP contribution in [-0.4, -0.2) is 49.0 Å². The number of benzene rings is 1. The smallest absolute Gasteiger partial charge is 0.236 e. The van der Waals surface area contributed by atoms with Crippen molar-refractivity contribution in [2.24, 2.45) is 0 Å². The molecule has 1 aliphatic heterocycles. The summed E-state index contributed by atoms with van der Waals surface area (Å²) in [7, 11) is 0. The lowest BCUT2D eigenvalue weighted by Crippen LogP contribution is -2.40. The maximum atomic E-state index is 13.6. The van der Waals surface area contributed by atoms with Gasteiger partial charge in [-0.25, -0.2) is 4.39 Å². The molecule has 4 rings (SSSR count). The highest BCUT2D eigenvalue weighted by molar-refractivity contribution is 8.00. The van der Waals surface area contributed by atoms with Gasteiger partial charge in [0.15, 0.2) is 11.5 Å². The van der Waals surface area contributed by atoms with Gasteiger partial charge in [0, 0.05) is 18.7 Å². The third-order valence-corrected chi connectivity index (χ3v) is 6.18. The van der Waals surface area contributed by atoms with Crippen LogP contribution in [0.4, 0.5) is 4.39 Å². The molecule has 3 aromatic rings. The number of amides is 1. The summed E-state index contributed by atoms with van der Waals surface area (Å²) in [6.45, 7) is 3.71. The van der Waals surface area contributed by atoms with Gasteiger partial charge in [-0.15, -0.1) is 10.2 Å². The second-order valence-electron chi connectivity index (χ2n) is 6.88. The summed E-state index contributed by atoms with van der Waals surface area (Å²) in [6.07, 6.45) is 4.09. The lowest BCUT2D eigenvalue weighted by atomic mass is 10.1. The van der Waals surface area contributed by atoms with Crippen LogP contribution in [0.5, 0.6) is 0 Å². The van der Waals surface area contributed by atoms with Gasteiger partial charge in [-0.2, -0.15) is 9.61 Å². The van der Waals surface area contributed by atoms with Crippen molar-refractivity contribution in [1.82, 2.24) is 24.7 Å². The van der Waals surface area contributed by atoms with E-state index < -0.39 is 0 Å². The van der Waals surface area contributed by atoms with Crippen molar-refractivity contribution >= 4 is 23.3 Å². The van der Waals surface area contributed by atoms with Crippen LogP contribution >= 0.6 is 11.8 Å². The van der Waals surface area contributed by atoms with Crippen LogP contribution in [0.25, 0.3) is 17.0 Å². The van der Waals surface area contributed by atoms with Gasteiger partial charge < -0.3 is 4.90 Å². The van der Waals surface area contributed by atoms with Crippen molar-refractivity contribution in [1.29, 1.82) is 0 Å². The summed E-state index contributed by atoms with van der Waals surface area (Å²) in [6, 6.07) is 9.88. The number of fused-ring (bicyclic) bond motifs is 1. The molecular formula is C20H22FN5OS. The molecule has 8 heteroatoms. The highest BCUT2D eigenvalue weighted by atomic mass is 32.2. The SMILES string of the molecule is CCC(Sc1ccc2nnc(-c3cccc(F)c3)n2n1)C(=O)N1CCCCC1. The Morgan fingerprint density at radius 2 is 2.00 bits per heavy atom. The van der Waals surface area contributed by atoms with Gasteiger partial charge in [-0.1, -0.05) is 30.8 Å². The van der Waals surface area contributed by atoms with Crippen molar-refractivity contribution < 1.29 is 9.18 Å². The Morgan fingerprint density at radius 3 is 2.75 bits per heavy atom. The number of hydrogen-bond acceptors (Lipinski definition) is 5. The molecule has 146 valence electrons. The summed E-state index contributed by atoms with van der Waals surface area (Å²) >= 11 is 1.46. The van der Waals surface area contributed by atoms with Crippen molar-refractivity contribution in [2.75, 3.05) is 13.1 Å². The van der Waals surface area contributed by atoms with E-state index >= 15 is 0 Å². The van der Waals surface area contributed by atoms with Crippen LogP contribution in [-0.2, 0) is 4.79 Å². The van der Waals surface area contributed by atoms with Gasteiger partial charge in [0.2, 0.25) is 5.91 Å². The maximum absolute atomic E-state index is 13.6. The molecule has 1 fully saturated rings. The summed E-state index contributed by atoms with van der Waals surface area (Å²) in [5.41, 5.74) is 1.19. The number of carbonyl (C=O) groups excluding carboxylic acids is 1. The molecule has 3 heterocycles. The summed E-state index contributed by atoms with van der Waals surface area (Å²) in [4.78, 5) is 14.8. The fraction of sp³-hybridized carbons (Fsp3) is 0.400. The monoisotopic (exact) mass is 399 g/mol. The van der Waals surface area contributed by atoms with Crippen molar-refractivity contribution in [3.05, 3.63) is 42.2 Å². The Morgan fingerprint density at radius 1 is 1.18 bits per heavy atom. The molecule has 0 N–H and O–H groups in total. The predicted octanol–water partition coefficient (Wildman–Crippen LogP) is 3.81. The normalized spacial score (nSPS) is 15.7.